The Morgan fingerprint density at radius 2 is 2.31 bits per heavy atom. The highest BCUT2D eigenvalue weighted by atomic mass is 79.9. The van der Waals surface area contributed by atoms with Gasteiger partial charge in [0.1, 0.15) is 6.07 Å². The van der Waals surface area contributed by atoms with Crippen molar-refractivity contribution in [3.8, 4) is 6.07 Å². The van der Waals surface area contributed by atoms with Crippen LogP contribution in [0.15, 0.2) is 26.9 Å². The van der Waals surface area contributed by atoms with E-state index in [0.717, 1.165) is 19.5 Å². The van der Waals surface area contributed by atoms with Gasteiger partial charge in [0.05, 0.1) is 10.3 Å². The lowest BCUT2D eigenvalue weighted by molar-refractivity contribution is 1.41. The first-order valence-electron chi connectivity index (χ1n) is 3.53. The highest BCUT2D eigenvalue weighted by Crippen LogP contribution is 2.34. The van der Waals surface area contributed by atoms with E-state index in [1.165, 1.54) is 0 Å². The van der Waals surface area contributed by atoms with Crippen molar-refractivity contribution in [2.75, 3.05) is 0 Å². The molecule has 0 saturated carbocycles. The van der Waals surface area contributed by atoms with Crippen LogP contribution in [0.2, 0.25) is 0 Å². The van der Waals surface area contributed by atoms with Crippen molar-refractivity contribution < 1.29 is 0 Å². The molecule has 1 heterocycles. The Morgan fingerprint density at radius 1 is 1.54 bits per heavy atom. The van der Waals surface area contributed by atoms with Crippen molar-refractivity contribution in [1.29, 1.82) is 5.26 Å². The maximum Gasteiger partial charge on any atom is 0.102 e. The molecule has 13 heavy (non-hydrogen) atoms. The van der Waals surface area contributed by atoms with Crippen LogP contribution in [-0.4, -0.2) is 0 Å². The van der Waals surface area contributed by atoms with Gasteiger partial charge in [0.25, 0.3) is 0 Å². The van der Waals surface area contributed by atoms with Gasteiger partial charge in [-0.1, -0.05) is 15.9 Å². The monoisotopic (exact) mass is 269 g/mol. The quantitative estimate of drug-likeness (QED) is 0.723. The molecule has 4 heteroatoms. The van der Waals surface area contributed by atoms with Crippen molar-refractivity contribution in [2.24, 2.45) is 0 Å². The van der Waals surface area contributed by atoms with Crippen LogP contribution in [-0.2, 0) is 0 Å². The van der Waals surface area contributed by atoms with Crippen molar-refractivity contribution in [3.05, 3.63) is 27.5 Å². The van der Waals surface area contributed by atoms with E-state index in [2.05, 4.69) is 34.6 Å². The first kappa shape index (κ1) is 9.07. The molecular weight excluding hydrogens is 266 g/mol. The highest BCUT2D eigenvalue weighted by molar-refractivity contribution is 9.10. The normalized spacial score (nSPS) is 10.2. The van der Waals surface area contributed by atoms with Gasteiger partial charge < -0.3 is 0 Å². The molecule has 0 radical (unpaired) electrons. The molecule has 64 valence electrons. The Labute approximate surface area is 93.5 Å². The Morgan fingerprint density at radius 3 is 3.00 bits per heavy atom. The van der Waals surface area contributed by atoms with Gasteiger partial charge in [-0.2, -0.15) is 5.26 Å². The maximum atomic E-state index is 8.92. The minimum absolute atomic E-state index is 0.663. The number of hydrogen-bond donors (Lipinski definition) is 1. The topological polar surface area (TPSA) is 23.8 Å². The van der Waals surface area contributed by atoms with E-state index in [-0.39, 0.29) is 0 Å². The molecule has 1 aromatic carbocycles. The smallest absolute Gasteiger partial charge is 0.102 e. The molecule has 0 aliphatic carbocycles. The second kappa shape index (κ2) is 3.33. The minimum Gasteiger partial charge on any atom is -0.192 e. The summed E-state index contributed by atoms with van der Waals surface area (Å²) < 4.78 is 2.00. The summed E-state index contributed by atoms with van der Waals surface area (Å²) in [6.45, 7) is 0. The summed E-state index contributed by atoms with van der Waals surface area (Å²) in [5.41, 5.74) is 0.663. The Balaban J connectivity index is 2.99. The van der Waals surface area contributed by atoms with Gasteiger partial charge in [-0.25, -0.2) is 0 Å². The number of fused-ring (bicyclic) bond motifs is 1. The number of nitrogens with zero attached hydrogens (tertiary/aromatic N) is 1. The van der Waals surface area contributed by atoms with E-state index in [9.17, 15) is 0 Å². The lowest BCUT2D eigenvalue weighted by atomic mass is 10.2. The number of nitriles is 1. The zero-order valence-electron chi connectivity index (χ0n) is 6.41. The fourth-order valence-corrected chi connectivity index (χ4v) is 3.34. The molecule has 0 unspecified atom stereocenters. The molecule has 1 nitrogen and oxygen atoms in total. The summed E-state index contributed by atoms with van der Waals surface area (Å²) >= 11 is 9.26. The molecule has 0 N–H and O–H groups in total. The third-order valence-corrected chi connectivity index (χ3v) is 3.72. The summed E-state index contributed by atoms with van der Waals surface area (Å²) in [7, 11) is 0. The molecule has 0 bridgehead atoms. The molecule has 0 aliphatic heterocycles. The number of rotatable bonds is 0. The number of halogens is 1. The summed E-state index contributed by atoms with van der Waals surface area (Å²) in [4.78, 5) is 0.726. The Kier molecular flexibility index (Phi) is 2.33. The zero-order valence-corrected chi connectivity index (χ0v) is 9.71. The minimum atomic E-state index is 0.663. The average Bonchev–Trinajstić information content (AvgIpc) is 2.53. The van der Waals surface area contributed by atoms with Crippen LogP contribution in [0, 0.1) is 11.3 Å². The van der Waals surface area contributed by atoms with E-state index in [1.54, 1.807) is 11.3 Å². The van der Waals surface area contributed by atoms with Gasteiger partial charge in [-0.15, -0.1) is 24.0 Å². The third kappa shape index (κ3) is 1.37. The molecule has 0 fully saturated rings. The van der Waals surface area contributed by atoms with Crippen molar-refractivity contribution in [1.82, 2.24) is 0 Å². The first-order valence-corrected chi connectivity index (χ1v) is 5.65. The van der Waals surface area contributed by atoms with E-state index in [0.29, 0.717) is 5.56 Å². The predicted octanol–water partition coefficient (Wildman–Crippen LogP) is 3.82. The van der Waals surface area contributed by atoms with E-state index in [4.69, 9.17) is 5.26 Å². The molecule has 2 rings (SSSR count). The van der Waals surface area contributed by atoms with Crippen LogP contribution in [0.25, 0.3) is 10.1 Å². The molecule has 0 aliphatic rings. The van der Waals surface area contributed by atoms with Crippen LogP contribution in [0.5, 0.6) is 0 Å². The average molecular weight is 270 g/mol. The molecular formula is C9H4BrNS2. The molecule has 0 amide bonds. The van der Waals surface area contributed by atoms with Gasteiger partial charge in [-0.05, 0) is 17.5 Å². The summed E-state index contributed by atoms with van der Waals surface area (Å²) in [6.07, 6.45) is 0. The molecule has 0 saturated heterocycles. The van der Waals surface area contributed by atoms with E-state index < -0.39 is 0 Å². The van der Waals surface area contributed by atoms with Crippen LogP contribution < -0.4 is 0 Å². The summed E-state index contributed by atoms with van der Waals surface area (Å²) in [5, 5.41) is 12.0. The number of thiophene rings is 1. The second-order valence-electron chi connectivity index (χ2n) is 2.53. The van der Waals surface area contributed by atoms with Crippen LogP contribution in [0.3, 0.4) is 0 Å². The van der Waals surface area contributed by atoms with Gasteiger partial charge >= 0.3 is 0 Å². The van der Waals surface area contributed by atoms with Crippen molar-refractivity contribution >= 4 is 50.0 Å². The van der Waals surface area contributed by atoms with E-state index >= 15 is 0 Å². The lowest BCUT2D eigenvalue weighted by Crippen LogP contribution is -1.79. The second-order valence-corrected chi connectivity index (χ2v) is 4.78. The number of thiol groups is 1. The van der Waals surface area contributed by atoms with Crippen LogP contribution in [0.4, 0.5) is 0 Å². The van der Waals surface area contributed by atoms with Gasteiger partial charge in [0, 0.05) is 14.8 Å². The predicted molar refractivity (Wildman–Crippen MR) is 61.5 cm³/mol. The summed E-state index contributed by atoms with van der Waals surface area (Å²) in [6, 6.07) is 6.02. The number of hydrogen-bond acceptors (Lipinski definition) is 3. The summed E-state index contributed by atoms with van der Waals surface area (Å²) in [5.74, 6) is 0. The van der Waals surface area contributed by atoms with Gasteiger partial charge in [-0.3, -0.25) is 0 Å². The largest absolute Gasteiger partial charge is 0.192 e. The zero-order chi connectivity index (χ0) is 9.42. The fraction of sp³-hybridized carbons (Fsp3) is 0. The molecule has 2 aromatic rings. The lowest BCUT2D eigenvalue weighted by Gasteiger charge is -1.99. The third-order valence-electron chi connectivity index (χ3n) is 1.78. The standard InChI is InChI=1S/C9H4BrNS2/c10-7-3-8(12)6(4-11)9-5(7)1-2-13-9/h1-3,12H. The van der Waals surface area contributed by atoms with Crippen LogP contribution >= 0.6 is 39.9 Å². The highest BCUT2D eigenvalue weighted by Gasteiger charge is 2.09. The Hall–Kier alpha value is -0.500. The van der Waals surface area contributed by atoms with Crippen molar-refractivity contribution in [2.45, 2.75) is 4.90 Å². The molecule has 0 atom stereocenters. The van der Waals surface area contributed by atoms with Gasteiger partial charge in [0.15, 0.2) is 0 Å². The van der Waals surface area contributed by atoms with Crippen LogP contribution in [0.1, 0.15) is 5.56 Å². The fourth-order valence-electron chi connectivity index (χ4n) is 1.19. The maximum absolute atomic E-state index is 8.92. The number of benzene rings is 1. The first-order chi connectivity index (χ1) is 6.24. The van der Waals surface area contributed by atoms with E-state index in [1.807, 2.05) is 17.5 Å². The molecule has 1 aromatic heterocycles. The molecule has 0 spiro atoms. The SMILES string of the molecule is N#Cc1c(S)cc(Br)c2ccsc12. The van der Waals surface area contributed by atoms with Gasteiger partial charge in [0.2, 0.25) is 0 Å². The Bertz CT molecular complexity index is 510. The van der Waals surface area contributed by atoms with Crippen molar-refractivity contribution in [3.63, 3.8) is 0 Å².